The topological polar surface area (TPSA) is 55.2 Å². The van der Waals surface area contributed by atoms with Crippen LogP contribution in [0.5, 0.6) is 11.6 Å². The molecule has 5 heteroatoms. The van der Waals surface area contributed by atoms with Gasteiger partial charge in [-0.3, -0.25) is 4.98 Å². The van der Waals surface area contributed by atoms with E-state index in [1.54, 1.807) is 12.1 Å². The van der Waals surface area contributed by atoms with Crippen molar-refractivity contribution in [2.45, 2.75) is 6.61 Å². The van der Waals surface area contributed by atoms with Gasteiger partial charge in [-0.15, -0.1) is 0 Å². The van der Waals surface area contributed by atoms with Crippen LogP contribution >= 0.6 is 11.6 Å². The number of aliphatic hydroxyl groups excluding tert-OH is 1. The molecule has 0 aliphatic heterocycles. The van der Waals surface area contributed by atoms with Gasteiger partial charge in [-0.05, 0) is 12.1 Å². The highest BCUT2D eigenvalue weighted by Crippen LogP contribution is 2.27. The molecule has 0 saturated heterocycles. The third kappa shape index (κ3) is 2.48. The van der Waals surface area contributed by atoms with E-state index in [-0.39, 0.29) is 6.61 Å². The van der Waals surface area contributed by atoms with Crippen molar-refractivity contribution >= 4 is 11.6 Å². The highest BCUT2D eigenvalue weighted by atomic mass is 35.5. The minimum atomic E-state index is -0.174. The second-order valence-corrected chi connectivity index (χ2v) is 3.45. The van der Waals surface area contributed by atoms with Crippen LogP contribution in [0.25, 0.3) is 0 Å². The molecule has 2 rings (SSSR count). The van der Waals surface area contributed by atoms with E-state index in [2.05, 4.69) is 9.97 Å². The Hall–Kier alpha value is -1.65. The lowest BCUT2D eigenvalue weighted by Gasteiger charge is -2.06. The van der Waals surface area contributed by atoms with Crippen LogP contribution in [-0.4, -0.2) is 15.1 Å². The summed E-state index contributed by atoms with van der Waals surface area (Å²) in [5, 5.41) is 9.40. The van der Waals surface area contributed by atoms with E-state index < -0.39 is 0 Å². The SMILES string of the molecule is OCc1cncc(Oc2ccccc2Cl)n1. The molecule has 1 heterocycles. The molecule has 0 atom stereocenters. The van der Waals surface area contributed by atoms with Gasteiger partial charge < -0.3 is 9.84 Å². The van der Waals surface area contributed by atoms with E-state index in [9.17, 15) is 0 Å². The van der Waals surface area contributed by atoms with Gasteiger partial charge in [0.15, 0.2) is 0 Å². The molecule has 16 heavy (non-hydrogen) atoms. The Morgan fingerprint density at radius 2 is 2.06 bits per heavy atom. The molecule has 1 aromatic carbocycles. The van der Waals surface area contributed by atoms with Gasteiger partial charge in [0, 0.05) is 0 Å². The van der Waals surface area contributed by atoms with Gasteiger partial charge in [-0.1, -0.05) is 23.7 Å². The highest BCUT2D eigenvalue weighted by Gasteiger charge is 2.04. The molecule has 0 radical (unpaired) electrons. The van der Waals surface area contributed by atoms with Gasteiger partial charge in [0.1, 0.15) is 5.75 Å². The summed E-state index contributed by atoms with van der Waals surface area (Å²) in [6.45, 7) is -0.174. The number of benzene rings is 1. The van der Waals surface area contributed by atoms with Crippen molar-refractivity contribution in [2.75, 3.05) is 0 Å². The molecule has 0 fully saturated rings. The Balaban J connectivity index is 2.24. The molecule has 0 saturated carbocycles. The molecule has 1 N–H and O–H groups in total. The Labute approximate surface area is 97.5 Å². The summed E-state index contributed by atoms with van der Waals surface area (Å²) in [5.41, 5.74) is 0.449. The maximum atomic E-state index is 8.90. The zero-order chi connectivity index (χ0) is 11.4. The lowest BCUT2D eigenvalue weighted by Crippen LogP contribution is -1.94. The first kappa shape index (κ1) is 10.9. The Kier molecular flexibility index (Phi) is 3.34. The molecule has 0 aliphatic carbocycles. The standard InChI is InChI=1S/C11H9ClN2O2/c12-9-3-1-2-4-10(9)16-11-6-13-5-8(7-15)14-11/h1-6,15H,7H2. The summed E-state index contributed by atoms with van der Waals surface area (Å²) in [6.07, 6.45) is 2.93. The monoisotopic (exact) mass is 236 g/mol. The van der Waals surface area contributed by atoms with Crippen LogP contribution in [0.1, 0.15) is 5.69 Å². The van der Waals surface area contributed by atoms with Gasteiger partial charge in [0.2, 0.25) is 5.88 Å². The number of nitrogens with zero attached hydrogens (tertiary/aromatic N) is 2. The summed E-state index contributed by atoms with van der Waals surface area (Å²) >= 11 is 5.93. The molecule has 0 unspecified atom stereocenters. The number of aromatic nitrogens is 2. The fourth-order valence-corrected chi connectivity index (χ4v) is 1.33. The number of rotatable bonds is 3. The average Bonchev–Trinajstić information content (AvgIpc) is 2.32. The molecular weight excluding hydrogens is 228 g/mol. The van der Waals surface area contributed by atoms with Gasteiger partial charge in [-0.25, -0.2) is 4.98 Å². The van der Waals surface area contributed by atoms with E-state index >= 15 is 0 Å². The molecule has 1 aromatic heterocycles. The first-order valence-electron chi connectivity index (χ1n) is 4.64. The Morgan fingerprint density at radius 3 is 2.81 bits per heavy atom. The van der Waals surface area contributed by atoms with Gasteiger partial charge in [0.25, 0.3) is 0 Å². The number of hydrogen-bond acceptors (Lipinski definition) is 4. The molecule has 0 bridgehead atoms. The average molecular weight is 237 g/mol. The van der Waals surface area contributed by atoms with Crippen molar-refractivity contribution in [2.24, 2.45) is 0 Å². The third-order valence-electron chi connectivity index (χ3n) is 1.88. The van der Waals surface area contributed by atoms with Crippen molar-refractivity contribution < 1.29 is 9.84 Å². The van der Waals surface area contributed by atoms with Crippen molar-refractivity contribution in [3.05, 3.63) is 47.4 Å². The Bertz CT molecular complexity index is 491. The van der Waals surface area contributed by atoms with Crippen LogP contribution in [0, 0.1) is 0 Å². The van der Waals surface area contributed by atoms with Crippen LogP contribution in [0.15, 0.2) is 36.7 Å². The van der Waals surface area contributed by atoms with Gasteiger partial charge in [-0.2, -0.15) is 0 Å². The Morgan fingerprint density at radius 1 is 1.25 bits per heavy atom. The van der Waals surface area contributed by atoms with Gasteiger partial charge >= 0.3 is 0 Å². The van der Waals surface area contributed by atoms with E-state index in [1.165, 1.54) is 12.4 Å². The molecule has 82 valence electrons. The zero-order valence-corrected chi connectivity index (χ0v) is 9.05. The predicted octanol–water partition coefficient (Wildman–Crippen LogP) is 2.41. The summed E-state index contributed by atoms with van der Waals surface area (Å²) < 4.78 is 5.43. The van der Waals surface area contributed by atoms with E-state index in [0.29, 0.717) is 22.3 Å². The number of halogens is 1. The molecule has 2 aromatic rings. The lowest BCUT2D eigenvalue weighted by atomic mass is 10.3. The number of ether oxygens (including phenoxy) is 1. The molecule has 0 amide bonds. The summed E-state index contributed by atoms with van der Waals surface area (Å²) in [6, 6.07) is 7.07. The first-order valence-corrected chi connectivity index (χ1v) is 5.01. The van der Waals surface area contributed by atoms with Crippen molar-refractivity contribution in [3.8, 4) is 11.6 Å². The fraction of sp³-hybridized carbons (Fsp3) is 0.0909. The quantitative estimate of drug-likeness (QED) is 0.889. The first-order chi connectivity index (χ1) is 7.79. The van der Waals surface area contributed by atoms with Crippen molar-refractivity contribution in [1.82, 2.24) is 9.97 Å². The van der Waals surface area contributed by atoms with Crippen molar-refractivity contribution in [1.29, 1.82) is 0 Å². The van der Waals surface area contributed by atoms with Crippen molar-refractivity contribution in [3.63, 3.8) is 0 Å². The summed E-state index contributed by atoms with van der Waals surface area (Å²) in [7, 11) is 0. The molecule has 0 spiro atoms. The predicted molar refractivity (Wildman–Crippen MR) is 59.5 cm³/mol. The van der Waals surface area contributed by atoms with Crippen LogP contribution in [0.4, 0.5) is 0 Å². The highest BCUT2D eigenvalue weighted by molar-refractivity contribution is 6.32. The fourth-order valence-electron chi connectivity index (χ4n) is 1.15. The molecule has 4 nitrogen and oxygen atoms in total. The van der Waals surface area contributed by atoms with E-state index in [1.807, 2.05) is 12.1 Å². The van der Waals surface area contributed by atoms with Crippen LogP contribution in [0.2, 0.25) is 5.02 Å². The minimum absolute atomic E-state index is 0.174. The third-order valence-corrected chi connectivity index (χ3v) is 2.19. The van der Waals surface area contributed by atoms with Crippen LogP contribution < -0.4 is 4.74 Å². The van der Waals surface area contributed by atoms with Crippen LogP contribution in [0.3, 0.4) is 0 Å². The number of para-hydroxylation sites is 1. The summed E-state index contributed by atoms with van der Waals surface area (Å²) in [4.78, 5) is 7.92. The number of aliphatic hydroxyl groups is 1. The maximum Gasteiger partial charge on any atom is 0.238 e. The van der Waals surface area contributed by atoms with E-state index in [0.717, 1.165) is 0 Å². The number of hydrogen-bond donors (Lipinski definition) is 1. The van der Waals surface area contributed by atoms with Crippen LogP contribution in [-0.2, 0) is 6.61 Å². The summed E-state index contributed by atoms with van der Waals surface area (Å²) in [5.74, 6) is 0.813. The molecular formula is C11H9ClN2O2. The second-order valence-electron chi connectivity index (χ2n) is 3.04. The maximum absolute atomic E-state index is 8.90. The normalized spacial score (nSPS) is 10.1. The molecule has 0 aliphatic rings. The second kappa shape index (κ2) is 4.92. The largest absolute Gasteiger partial charge is 0.436 e. The zero-order valence-electron chi connectivity index (χ0n) is 8.30. The minimum Gasteiger partial charge on any atom is -0.436 e. The lowest BCUT2D eigenvalue weighted by molar-refractivity contribution is 0.274. The smallest absolute Gasteiger partial charge is 0.238 e. The van der Waals surface area contributed by atoms with Gasteiger partial charge in [0.05, 0.1) is 29.7 Å². The van der Waals surface area contributed by atoms with E-state index in [4.69, 9.17) is 21.4 Å².